The van der Waals surface area contributed by atoms with E-state index in [0.29, 0.717) is 24.1 Å². The van der Waals surface area contributed by atoms with E-state index in [-0.39, 0.29) is 23.5 Å². The molecule has 20 heavy (non-hydrogen) atoms. The number of sulfone groups is 1. The summed E-state index contributed by atoms with van der Waals surface area (Å²) in [5.74, 6) is 5.43. The molecule has 6 nitrogen and oxygen atoms in total. The fourth-order valence-electron chi connectivity index (χ4n) is 2.27. The van der Waals surface area contributed by atoms with Crippen LogP contribution in [0.15, 0.2) is 18.2 Å². The molecule has 0 aliphatic carbocycles. The van der Waals surface area contributed by atoms with Gasteiger partial charge >= 0.3 is 0 Å². The molecule has 1 aromatic rings. The van der Waals surface area contributed by atoms with Crippen LogP contribution in [0.2, 0.25) is 0 Å². The van der Waals surface area contributed by atoms with Gasteiger partial charge in [-0.2, -0.15) is 0 Å². The largest absolute Gasteiger partial charge is 0.349 e. The Labute approximate surface area is 118 Å². The quantitative estimate of drug-likeness (QED) is 0.560. The van der Waals surface area contributed by atoms with Crippen LogP contribution in [-0.2, 0) is 9.84 Å². The number of nitrogens with two attached hydrogens (primary N) is 1. The van der Waals surface area contributed by atoms with Crippen LogP contribution >= 0.6 is 0 Å². The number of hydrogen-bond acceptors (Lipinski definition) is 5. The van der Waals surface area contributed by atoms with E-state index in [2.05, 4.69) is 10.7 Å². The summed E-state index contributed by atoms with van der Waals surface area (Å²) >= 11 is 0. The monoisotopic (exact) mass is 297 g/mol. The van der Waals surface area contributed by atoms with Crippen LogP contribution in [0.25, 0.3) is 0 Å². The summed E-state index contributed by atoms with van der Waals surface area (Å²) < 4.78 is 22.7. The highest BCUT2D eigenvalue weighted by Gasteiger charge is 2.25. The summed E-state index contributed by atoms with van der Waals surface area (Å²) in [6.07, 6.45) is 0.927. The maximum atomic E-state index is 12.3. The number of aryl methyl sites for hydroxylation is 1. The van der Waals surface area contributed by atoms with Crippen LogP contribution in [0, 0.1) is 6.92 Å². The first-order valence-electron chi connectivity index (χ1n) is 6.50. The predicted octanol–water partition coefficient (Wildman–Crippen LogP) is 0.588. The Morgan fingerprint density at radius 2 is 1.95 bits per heavy atom. The Morgan fingerprint density at radius 3 is 2.55 bits per heavy atom. The van der Waals surface area contributed by atoms with E-state index in [1.54, 1.807) is 12.1 Å². The zero-order valence-corrected chi connectivity index (χ0v) is 12.2. The second kappa shape index (κ2) is 5.80. The minimum Gasteiger partial charge on any atom is -0.349 e. The van der Waals surface area contributed by atoms with Gasteiger partial charge in [0, 0.05) is 6.04 Å². The van der Waals surface area contributed by atoms with Gasteiger partial charge in [0.2, 0.25) is 0 Å². The molecule has 1 fully saturated rings. The maximum Gasteiger partial charge on any atom is 0.253 e. The normalized spacial score (nSPS) is 18.5. The Morgan fingerprint density at radius 1 is 1.30 bits per heavy atom. The summed E-state index contributed by atoms with van der Waals surface area (Å²) in [5.41, 5.74) is 4.48. The van der Waals surface area contributed by atoms with E-state index >= 15 is 0 Å². The molecule has 1 aliphatic heterocycles. The lowest BCUT2D eigenvalue weighted by atomic mass is 10.1. The van der Waals surface area contributed by atoms with E-state index < -0.39 is 9.84 Å². The minimum atomic E-state index is -2.92. The van der Waals surface area contributed by atoms with Gasteiger partial charge in [0.25, 0.3) is 5.91 Å². The number of nitrogen functional groups attached to an aromatic ring is 1. The van der Waals surface area contributed by atoms with Crippen molar-refractivity contribution in [3.63, 3.8) is 0 Å². The number of benzene rings is 1. The molecular formula is C13H19N3O3S. The van der Waals surface area contributed by atoms with Crippen molar-refractivity contribution in [2.45, 2.75) is 25.8 Å². The van der Waals surface area contributed by atoms with Gasteiger partial charge in [0.15, 0.2) is 0 Å². The Balaban J connectivity index is 2.07. The number of hydrogen-bond donors (Lipinski definition) is 3. The molecule has 0 atom stereocenters. The predicted molar refractivity (Wildman–Crippen MR) is 78.1 cm³/mol. The van der Waals surface area contributed by atoms with E-state index in [9.17, 15) is 13.2 Å². The lowest BCUT2D eigenvalue weighted by Gasteiger charge is -2.23. The second-order valence-electron chi connectivity index (χ2n) is 5.09. The van der Waals surface area contributed by atoms with Crippen molar-refractivity contribution in [2.24, 2.45) is 5.84 Å². The Kier molecular flexibility index (Phi) is 4.29. The fourth-order valence-corrected chi connectivity index (χ4v) is 3.76. The number of nitrogens with one attached hydrogen (secondary N) is 2. The average Bonchev–Trinajstić information content (AvgIpc) is 2.41. The summed E-state index contributed by atoms with van der Waals surface area (Å²) in [6.45, 7) is 1.89. The van der Waals surface area contributed by atoms with Gasteiger partial charge in [-0.25, -0.2) is 8.42 Å². The molecule has 2 rings (SSSR count). The standard InChI is InChI=1S/C13H19N3O3S/c1-9-2-3-12(16-14)11(8-9)13(17)15-10-4-6-20(18,19)7-5-10/h2-3,8,10,16H,4-7,14H2,1H3,(H,15,17). The average molecular weight is 297 g/mol. The molecule has 0 radical (unpaired) electrons. The second-order valence-corrected chi connectivity index (χ2v) is 7.40. The van der Waals surface area contributed by atoms with Gasteiger partial charge < -0.3 is 10.7 Å². The van der Waals surface area contributed by atoms with Gasteiger partial charge in [0.1, 0.15) is 9.84 Å². The van der Waals surface area contributed by atoms with Crippen LogP contribution in [0.4, 0.5) is 5.69 Å². The highest BCUT2D eigenvalue weighted by Crippen LogP contribution is 2.18. The van der Waals surface area contributed by atoms with Crippen molar-refractivity contribution in [2.75, 3.05) is 16.9 Å². The molecule has 0 unspecified atom stereocenters. The number of carbonyl (C=O) groups excluding carboxylic acids is 1. The molecule has 4 N–H and O–H groups in total. The van der Waals surface area contributed by atoms with Crippen molar-refractivity contribution < 1.29 is 13.2 Å². The van der Waals surface area contributed by atoms with Gasteiger partial charge in [0.05, 0.1) is 22.8 Å². The lowest BCUT2D eigenvalue weighted by Crippen LogP contribution is -2.41. The summed E-state index contributed by atoms with van der Waals surface area (Å²) in [4.78, 5) is 12.3. The van der Waals surface area contributed by atoms with Crippen LogP contribution in [0.3, 0.4) is 0 Å². The Hall–Kier alpha value is -1.60. The minimum absolute atomic E-state index is 0.0999. The molecule has 110 valence electrons. The van der Waals surface area contributed by atoms with Gasteiger partial charge in [-0.1, -0.05) is 11.6 Å². The first-order valence-corrected chi connectivity index (χ1v) is 8.32. The topological polar surface area (TPSA) is 101 Å². The molecular weight excluding hydrogens is 278 g/mol. The molecule has 1 heterocycles. The number of carbonyl (C=O) groups is 1. The lowest BCUT2D eigenvalue weighted by molar-refractivity contribution is 0.0935. The molecule has 0 aromatic heterocycles. The van der Waals surface area contributed by atoms with E-state index in [4.69, 9.17) is 5.84 Å². The zero-order valence-electron chi connectivity index (χ0n) is 11.3. The van der Waals surface area contributed by atoms with Crippen LogP contribution < -0.4 is 16.6 Å². The smallest absolute Gasteiger partial charge is 0.253 e. The highest BCUT2D eigenvalue weighted by molar-refractivity contribution is 7.91. The van der Waals surface area contributed by atoms with Gasteiger partial charge in [-0.15, -0.1) is 0 Å². The van der Waals surface area contributed by atoms with Gasteiger partial charge in [-0.3, -0.25) is 10.6 Å². The molecule has 1 amide bonds. The van der Waals surface area contributed by atoms with E-state index in [1.165, 1.54) is 0 Å². The highest BCUT2D eigenvalue weighted by atomic mass is 32.2. The first kappa shape index (κ1) is 14.8. The third kappa shape index (κ3) is 3.49. The number of rotatable bonds is 3. The SMILES string of the molecule is Cc1ccc(NN)c(C(=O)NC2CCS(=O)(=O)CC2)c1. The van der Waals surface area contributed by atoms with Gasteiger partial charge in [-0.05, 0) is 31.9 Å². The Bertz CT molecular complexity index is 599. The van der Waals surface area contributed by atoms with Crippen molar-refractivity contribution >= 4 is 21.4 Å². The molecule has 1 aromatic carbocycles. The maximum absolute atomic E-state index is 12.3. The number of amides is 1. The molecule has 0 bridgehead atoms. The van der Waals surface area contributed by atoms with Crippen molar-refractivity contribution in [3.8, 4) is 0 Å². The van der Waals surface area contributed by atoms with Crippen molar-refractivity contribution in [3.05, 3.63) is 29.3 Å². The van der Waals surface area contributed by atoms with Crippen LogP contribution in [0.5, 0.6) is 0 Å². The summed E-state index contributed by atoms with van der Waals surface area (Å²) in [7, 11) is -2.92. The summed E-state index contributed by atoms with van der Waals surface area (Å²) in [6, 6.07) is 5.26. The first-order chi connectivity index (χ1) is 9.41. The fraction of sp³-hybridized carbons (Fsp3) is 0.462. The van der Waals surface area contributed by atoms with Crippen molar-refractivity contribution in [1.29, 1.82) is 0 Å². The third-order valence-electron chi connectivity index (χ3n) is 3.47. The van der Waals surface area contributed by atoms with Crippen LogP contribution in [-0.4, -0.2) is 31.9 Å². The molecule has 7 heteroatoms. The summed E-state index contributed by atoms with van der Waals surface area (Å²) in [5, 5.41) is 2.88. The van der Waals surface area contributed by atoms with Crippen molar-refractivity contribution in [1.82, 2.24) is 5.32 Å². The molecule has 0 spiro atoms. The molecule has 1 aliphatic rings. The molecule has 1 saturated heterocycles. The third-order valence-corrected chi connectivity index (χ3v) is 5.18. The number of hydrazine groups is 1. The van der Waals surface area contributed by atoms with E-state index in [1.807, 2.05) is 13.0 Å². The zero-order chi connectivity index (χ0) is 14.8. The van der Waals surface area contributed by atoms with Crippen LogP contribution in [0.1, 0.15) is 28.8 Å². The van der Waals surface area contributed by atoms with E-state index in [0.717, 1.165) is 5.56 Å². The number of anilines is 1. The molecule has 0 saturated carbocycles.